The van der Waals surface area contributed by atoms with Crippen LogP contribution in [0.2, 0.25) is 0 Å². The molecule has 2 heterocycles. The van der Waals surface area contributed by atoms with Crippen LogP contribution in [-0.4, -0.2) is 25.7 Å². The number of nitrogens with one attached hydrogen (secondary N) is 1. The molecule has 3 rings (SSSR count). The minimum absolute atomic E-state index is 0.544. The van der Waals surface area contributed by atoms with Crippen LogP contribution in [0.1, 0.15) is 6.42 Å². The third kappa shape index (κ3) is 1.57. The highest BCUT2D eigenvalue weighted by atomic mass is 16.5. The Bertz CT molecular complexity index is 353. The van der Waals surface area contributed by atoms with E-state index in [9.17, 15) is 0 Å². The molecule has 1 aromatic rings. The molecule has 1 N–H and O–H groups in total. The normalized spacial score (nSPS) is 24.8. The molecule has 3 heteroatoms. The second-order valence-electron chi connectivity index (χ2n) is 4.01. The molecule has 1 aromatic carbocycles. The molecule has 0 aromatic heterocycles. The SMILES string of the molecule is [CH]1CNCC2CCOc3ccccc3N12. The van der Waals surface area contributed by atoms with Crippen LogP contribution in [-0.2, 0) is 0 Å². The van der Waals surface area contributed by atoms with Crippen molar-refractivity contribution in [3.8, 4) is 5.75 Å². The Kier molecular flexibility index (Phi) is 2.25. The van der Waals surface area contributed by atoms with Crippen LogP contribution in [0.25, 0.3) is 0 Å². The van der Waals surface area contributed by atoms with E-state index in [1.54, 1.807) is 0 Å². The van der Waals surface area contributed by atoms with E-state index in [1.165, 1.54) is 5.69 Å². The number of rotatable bonds is 0. The quantitative estimate of drug-likeness (QED) is 0.690. The standard InChI is InChI=1S/C12H15N2O/c1-2-4-12-11(3-1)14-7-6-13-9-10(14)5-8-15-12/h1-4,7,10,13H,5-6,8-9H2. The van der Waals surface area contributed by atoms with Crippen molar-refractivity contribution >= 4 is 5.69 Å². The van der Waals surface area contributed by atoms with Crippen molar-refractivity contribution in [2.24, 2.45) is 0 Å². The number of hydrogen-bond donors (Lipinski definition) is 1. The van der Waals surface area contributed by atoms with Gasteiger partial charge in [0.2, 0.25) is 0 Å². The van der Waals surface area contributed by atoms with Crippen molar-refractivity contribution in [2.45, 2.75) is 12.5 Å². The van der Waals surface area contributed by atoms with E-state index >= 15 is 0 Å². The number of nitrogens with zero attached hydrogens (tertiary/aromatic N) is 1. The maximum absolute atomic E-state index is 5.75. The van der Waals surface area contributed by atoms with Gasteiger partial charge in [-0.1, -0.05) is 12.1 Å². The zero-order valence-corrected chi connectivity index (χ0v) is 8.65. The maximum atomic E-state index is 5.75. The predicted octanol–water partition coefficient (Wildman–Crippen LogP) is 1.41. The number of hydrogen-bond acceptors (Lipinski definition) is 3. The number of ether oxygens (including phenoxy) is 1. The largest absolute Gasteiger partial charge is 0.491 e. The summed E-state index contributed by atoms with van der Waals surface area (Å²) in [6, 6.07) is 8.83. The summed E-state index contributed by atoms with van der Waals surface area (Å²) in [6.45, 7) is 5.04. The minimum Gasteiger partial charge on any atom is -0.491 e. The molecular formula is C12H15N2O. The fourth-order valence-corrected chi connectivity index (χ4v) is 2.29. The Labute approximate surface area is 90.0 Å². The Morgan fingerprint density at radius 2 is 2.27 bits per heavy atom. The van der Waals surface area contributed by atoms with E-state index in [-0.39, 0.29) is 0 Å². The molecule has 0 aliphatic carbocycles. The lowest BCUT2D eigenvalue weighted by Crippen LogP contribution is -2.48. The minimum atomic E-state index is 0.544. The van der Waals surface area contributed by atoms with E-state index in [0.717, 1.165) is 31.9 Å². The molecule has 1 fully saturated rings. The van der Waals surface area contributed by atoms with Gasteiger partial charge in [-0.2, -0.15) is 0 Å². The van der Waals surface area contributed by atoms with Crippen LogP contribution in [0.3, 0.4) is 0 Å². The zero-order chi connectivity index (χ0) is 10.1. The zero-order valence-electron chi connectivity index (χ0n) is 8.65. The van der Waals surface area contributed by atoms with E-state index < -0.39 is 0 Å². The molecule has 0 amide bonds. The third-order valence-electron chi connectivity index (χ3n) is 3.06. The van der Waals surface area contributed by atoms with Gasteiger partial charge in [-0.25, -0.2) is 0 Å². The average molecular weight is 203 g/mol. The number of anilines is 1. The van der Waals surface area contributed by atoms with Crippen LogP contribution in [0, 0.1) is 6.54 Å². The first-order valence-corrected chi connectivity index (χ1v) is 5.49. The van der Waals surface area contributed by atoms with Crippen LogP contribution >= 0.6 is 0 Å². The summed E-state index contributed by atoms with van der Waals surface area (Å²) in [6.07, 6.45) is 1.08. The summed E-state index contributed by atoms with van der Waals surface area (Å²) in [7, 11) is 0. The smallest absolute Gasteiger partial charge is 0.142 e. The van der Waals surface area contributed by atoms with Gasteiger partial charge in [-0.3, -0.25) is 0 Å². The molecule has 3 nitrogen and oxygen atoms in total. The molecule has 1 radical (unpaired) electrons. The molecule has 1 unspecified atom stereocenters. The number of para-hydroxylation sites is 2. The predicted molar refractivity (Wildman–Crippen MR) is 60.0 cm³/mol. The molecule has 2 aliphatic rings. The van der Waals surface area contributed by atoms with Crippen molar-refractivity contribution in [3.05, 3.63) is 30.8 Å². The molecule has 1 saturated heterocycles. The molecule has 79 valence electrons. The van der Waals surface area contributed by atoms with Gasteiger partial charge in [0.05, 0.1) is 18.8 Å². The Morgan fingerprint density at radius 1 is 1.33 bits per heavy atom. The van der Waals surface area contributed by atoms with E-state index in [1.807, 2.05) is 12.1 Å². The highest BCUT2D eigenvalue weighted by molar-refractivity contribution is 5.61. The maximum Gasteiger partial charge on any atom is 0.142 e. The summed E-state index contributed by atoms with van der Waals surface area (Å²) in [5, 5.41) is 3.39. The van der Waals surface area contributed by atoms with Crippen molar-refractivity contribution in [3.63, 3.8) is 0 Å². The van der Waals surface area contributed by atoms with Gasteiger partial charge in [0, 0.05) is 25.6 Å². The lowest BCUT2D eigenvalue weighted by atomic mass is 10.1. The first kappa shape index (κ1) is 9.04. The summed E-state index contributed by atoms with van der Waals surface area (Å²) in [5.74, 6) is 1.01. The average Bonchev–Trinajstić information content (AvgIpc) is 2.48. The van der Waals surface area contributed by atoms with Gasteiger partial charge in [0.1, 0.15) is 5.75 Å². The fourth-order valence-electron chi connectivity index (χ4n) is 2.29. The molecule has 0 bridgehead atoms. The van der Waals surface area contributed by atoms with Gasteiger partial charge in [0.25, 0.3) is 0 Å². The highest BCUT2D eigenvalue weighted by Gasteiger charge is 2.27. The number of fused-ring (bicyclic) bond motifs is 3. The van der Waals surface area contributed by atoms with Gasteiger partial charge in [0.15, 0.2) is 0 Å². The van der Waals surface area contributed by atoms with Crippen LogP contribution in [0.5, 0.6) is 5.75 Å². The second kappa shape index (κ2) is 3.74. The van der Waals surface area contributed by atoms with E-state index in [0.29, 0.717) is 6.04 Å². The Balaban J connectivity index is 1.99. The summed E-state index contributed by atoms with van der Waals surface area (Å²) in [4.78, 5) is 2.36. The van der Waals surface area contributed by atoms with Crippen LogP contribution in [0.4, 0.5) is 5.69 Å². The Morgan fingerprint density at radius 3 is 3.27 bits per heavy atom. The monoisotopic (exact) mass is 203 g/mol. The third-order valence-corrected chi connectivity index (χ3v) is 3.06. The fraction of sp³-hybridized carbons (Fsp3) is 0.417. The number of benzene rings is 1. The van der Waals surface area contributed by atoms with E-state index in [2.05, 4.69) is 28.9 Å². The highest BCUT2D eigenvalue weighted by Crippen LogP contribution is 2.34. The lowest BCUT2D eigenvalue weighted by molar-refractivity contribution is 0.306. The molecule has 0 saturated carbocycles. The molecule has 2 aliphatic heterocycles. The summed E-state index contributed by atoms with van der Waals surface area (Å²) < 4.78 is 5.75. The first-order chi connectivity index (χ1) is 7.45. The van der Waals surface area contributed by atoms with Crippen LogP contribution < -0.4 is 15.0 Å². The topological polar surface area (TPSA) is 24.5 Å². The number of piperazine rings is 1. The van der Waals surface area contributed by atoms with E-state index in [4.69, 9.17) is 4.74 Å². The van der Waals surface area contributed by atoms with Gasteiger partial charge in [-0.05, 0) is 12.1 Å². The lowest BCUT2D eigenvalue weighted by Gasteiger charge is -2.35. The van der Waals surface area contributed by atoms with Crippen LogP contribution in [0.15, 0.2) is 24.3 Å². The Hall–Kier alpha value is -1.22. The molecule has 15 heavy (non-hydrogen) atoms. The van der Waals surface area contributed by atoms with Crippen molar-refractivity contribution in [2.75, 3.05) is 24.6 Å². The summed E-state index contributed by atoms with van der Waals surface area (Å²) in [5.41, 5.74) is 1.21. The first-order valence-electron chi connectivity index (χ1n) is 5.49. The van der Waals surface area contributed by atoms with Crippen molar-refractivity contribution in [1.29, 1.82) is 0 Å². The second-order valence-corrected chi connectivity index (χ2v) is 4.01. The van der Waals surface area contributed by atoms with Crippen molar-refractivity contribution < 1.29 is 4.74 Å². The van der Waals surface area contributed by atoms with Gasteiger partial charge in [-0.15, -0.1) is 0 Å². The van der Waals surface area contributed by atoms with Crippen molar-refractivity contribution in [1.82, 2.24) is 5.32 Å². The molecular weight excluding hydrogens is 188 g/mol. The van der Waals surface area contributed by atoms with Gasteiger partial charge >= 0.3 is 0 Å². The molecule has 1 atom stereocenters. The molecule has 0 spiro atoms. The summed E-state index contributed by atoms with van der Waals surface area (Å²) >= 11 is 0. The van der Waals surface area contributed by atoms with Gasteiger partial charge < -0.3 is 15.0 Å².